The van der Waals surface area contributed by atoms with E-state index < -0.39 is 17.7 Å². The Hall–Kier alpha value is -3.45. The van der Waals surface area contributed by atoms with Crippen LogP contribution in [0.4, 0.5) is 0 Å². The van der Waals surface area contributed by atoms with Gasteiger partial charge in [-0.05, 0) is 62.9 Å². The number of imide groups is 1. The minimum atomic E-state index is -0.460. The van der Waals surface area contributed by atoms with E-state index >= 15 is 0 Å². The molecular formula is C26H27ClN4O3. The molecule has 4 rings (SSSR count). The van der Waals surface area contributed by atoms with Gasteiger partial charge in [-0.25, -0.2) is 4.68 Å². The molecule has 3 heterocycles. The summed E-state index contributed by atoms with van der Waals surface area (Å²) in [4.78, 5) is 28.3. The lowest BCUT2D eigenvalue weighted by Gasteiger charge is -2.15. The van der Waals surface area contributed by atoms with Crippen LogP contribution in [0.15, 0.2) is 42.7 Å². The summed E-state index contributed by atoms with van der Waals surface area (Å²) in [6.45, 7) is 8.01. The number of rotatable bonds is 7. The maximum absolute atomic E-state index is 13.7. The molecular weight excluding hydrogens is 452 g/mol. The average Bonchev–Trinajstić information content (AvgIpc) is 3.22. The summed E-state index contributed by atoms with van der Waals surface area (Å²) in [5.74, 6) is -1.29. The van der Waals surface area contributed by atoms with E-state index in [9.17, 15) is 14.7 Å². The molecule has 0 N–H and O–H groups in total. The van der Waals surface area contributed by atoms with Crippen LogP contribution in [0.1, 0.15) is 49.1 Å². The standard InChI is InChI=1S/C26H27ClN4O3/c1-5-7-20-21(25(33)31(28-20)19-10-8-18(27)9-11-19)22-23(26(34)30(12-6-2)24(22)32)29-14-16(3)13-17(4)15-29/h8-11,13-15H,5-7,12H2,1-4H3. The zero-order valence-corrected chi connectivity index (χ0v) is 20.5. The molecule has 34 heavy (non-hydrogen) atoms. The Morgan fingerprint density at radius 3 is 2.24 bits per heavy atom. The van der Waals surface area contributed by atoms with E-state index in [0.717, 1.165) is 17.5 Å². The fourth-order valence-corrected chi connectivity index (χ4v) is 4.49. The van der Waals surface area contributed by atoms with E-state index in [2.05, 4.69) is 5.10 Å². The van der Waals surface area contributed by atoms with Gasteiger partial charge in [0, 0.05) is 28.3 Å². The highest BCUT2D eigenvalue weighted by molar-refractivity contribution is 6.44. The summed E-state index contributed by atoms with van der Waals surface area (Å²) >= 11 is 6.02. The van der Waals surface area contributed by atoms with E-state index in [1.165, 1.54) is 9.58 Å². The van der Waals surface area contributed by atoms with Crippen LogP contribution in [-0.2, 0) is 16.0 Å². The van der Waals surface area contributed by atoms with E-state index in [-0.39, 0.29) is 23.4 Å². The first-order chi connectivity index (χ1) is 16.3. The molecule has 0 aliphatic carbocycles. The van der Waals surface area contributed by atoms with Crippen molar-refractivity contribution < 1.29 is 19.3 Å². The third-order valence-corrected chi connectivity index (χ3v) is 5.97. The van der Waals surface area contributed by atoms with Gasteiger partial charge in [0.05, 0.1) is 11.4 Å². The van der Waals surface area contributed by atoms with Crippen LogP contribution < -0.4 is 9.67 Å². The van der Waals surface area contributed by atoms with Gasteiger partial charge in [0.15, 0.2) is 12.4 Å². The Morgan fingerprint density at radius 2 is 1.65 bits per heavy atom. The Kier molecular flexibility index (Phi) is 6.57. The van der Waals surface area contributed by atoms with Crippen molar-refractivity contribution in [3.8, 4) is 11.6 Å². The van der Waals surface area contributed by atoms with Crippen molar-refractivity contribution in [2.75, 3.05) is 6.54 Å². The molecule has 0 unspecified atom stereocenters. The Balaban J connectivity index is 2.01. The summed E-state index contributed by atoms with van der Waals surface area (Å²) in [6, 6.07) is 8.76. The van der Waals surface area contributed by atoms with Crippen LogP contribution in [0.5, 0.6) is 5.88 Å². The highest BCUT2D eigenvalue weighted by Crippen LogP contribution is 2.37. The molecule has 2 aromatic heterocycles. The number of aromatic nitrogens is 3. The first-order valence-corrected chi connectivity index (χ1v) is 11.8. The van der Waals surface area contributed by atoms with Crippen LogP contribution in [0.25, 0.3) is 17.0 Å². The molecule has 8 heteroatoms. The summed E-state index contributed by atoms with van der Waals surface area (Å²) in [5, 5.41) is 18.8. The van der Waals surface area contributed by atoms with Gasteiger partial charge in [0.25, 0.3) is 11.6 Å². The molecule has 176 valence electrons. The topological polar surface area (TPSA) is 82.1 Å². The molecule has 0 spiro atoms. The number of amides is 2. The lowest BCUT2D eigenvalue weighted by atomic mass is 10.0. The van der Waals surface area contributed by atoms with Crippen LogP contribution in [0.3, 0.4) is 0 Å². The van der Waals surface area contributed by atoms with E-state index in [4.69, 9.17) is 11.6 Å². The largest absolute Gasteiger partial charge is 0.858 e. The number of aryl methyl sites for hydroxylation is 3. The second-order valence-corrected chi connectivity index (χ2v) is 8.98. The molecule has 0 radical (unpaired) electrons. The lowest BCUT2D eigenvalue weighted by molar-refractivity contribution is -0.577. The van der Waals surface area contributed by atoms with Crippen LogP contribution in [0.2, 0.25) is 5.02 Å². The normalized spacial score (nSPS) is 14.0. The van der Waals surface area contributed by atoms with Crippen molar-refractivity contribution in [2.45, 2.75) is 47.0 Å². The number of halogens is 1. The highest BCUT2D eigenvalue weighted by Gasteiger charge is 2.46. The van der Waals surface area contributed by atoms with Crippen LogP contribution in [-0.4, -0.2) is 33.0 Å². The molecule has 3 aromatic rings. The van der Waals surface area contributed by atoms with Crippen molar-refractivity contribution in [3.05, 3.63) is 70.1 Å². The summed E-state index contributed by atoms with van der Waals surface area (Å²) in [5.41, 5.74) is 3.41. The predicted octanol–water partition coefficient (Wildman–Crippen LogP) is 3.60. The van der Waals surface area contributed by atoms with Gasteiger partial charge < -0.3 is 5.11 Å². The van der Waals surface area contributed by atoms with Crippen molar-refractivity contribution in [1.82, 2.24) is 14.7 Å². The molecule has 2 amide bonds. The van der Waals surface area contributed by atoms with E-state index in [1.807, 2.05) is 33.8 Å². The minimum Gasteiger partial charge on any atom is -0.858 e. The van der Waals surface area contributed by atoms with Gasteiger partial charge in [0.1, 0.15) is 5.57 Å². The quantitative estimate of drug-likeness (QED) is 0.383. The van der Waals surface area contributed by atoms with Gasteiger partial charge in [-0.1, -0.05) is 31.9 Å². The van der Waals surface area contributed by atoms with Crippen molar-refractivity contribution in [1.29, 1.82) is 0 Å². The van der Waals surface area contributed by atoms with Crippen LogP contribution in [0, 0.1) is 13.8 Å². The van der Waals surface area contributed by atoms with Gasteiger partial charge in [0.2, 0.25) is 0 Å². The van der Waals surface area contributed by atoms with Gasteiger partial charge in [-0.2, -0.15) is 9.67 Å². The molecule has 1 aliphatic heterocycles. The number of hydrogen-bond acceptors (Lipinski definition) is 4. The number of carbonyl (C=O) groups excluding carboxylic acids is 2. The van der Waals surface area contributed by atoms with Crippen LogP contribution >= 0.6 is 11.6 Å². The van der Waals surface area contributed by atoms with Crippen molar-refractivity contribution >= 4 is 34.7 Å². The highest BCUT2D eigenvalue weighted by atomic mass is 35.5. The first-order valence-electron chi connectivity index (χ1n) is 11.4. The predicted molar refractivity (Wildman–Crippen MR) is 128 cm³/mol. The fraction of sp³-hybridized carbons (Fsp3) is 0.308. The number of benzene rings is 1. The SMILES string of the molecule is CCCc1nn(-c2ccc(Cl)cc2)c([O-])c1C1=C([n+]2cc(C)cc(C)c2)C(=O)N(CCC)C1=O. The minimum absolute atomic E-state index is 0.113. The lowest BCUT2D eigenvalue weighted by Crippen LogP contribution is -2.40. The Morgan fingerprint density at radius 1 is 1.00 bits per heavy atom. The zero-order chi connectivity index (χ0) is 24.6. The second kappa shape index (κ2) is 9.43. The first kappa shape index (κ1) is 23.7. The van der Waals surface area contributed by atoms with E-state index in [0.29, 0.717) is 29.2 Å². The maximum Gasteiger partial charge on any atom is 0.326 e. The van der Waals surface area contributed by atoms with Gasteiger partial charge in [-0.3, -0.25) is 14.5 Å². The number of nitrogens with zero attached hydrogens (tertiary/aromatic N) is 4. The monoisotopic (exact) mass is 478 g/mol. The molecule has 0 saturated carbocycles. The Labute approximate surface area is 203 Å². The third kappa shape index (κ3) is 4.12. The molecule has 0 bridgehead atoms. The fourth-order valence-electron chi connectivity index (χ4n) is 4.36. The van der Waals surface area contributed by atoms with Gasteiger partial charge >= 0.3 is 5.91 Å². The smallest absolute Gasteiger partial charge is 0.326 e. The molecule has 0 saturated heterocycles. The van der Waals surface area contributed by atoms with E-state index in [1.54, 1.807) is 41.2 Å². The number of pyridine rings is 1. The number of carbonyl (C=O) groups is 2. The molecule has 0 atom stereocenters. The summed E-state index contributed by atoms with van der Waals surface area (Å²) in [6.07, 6.45) is 5.44. The zero-order valence-electron chi connectivity index (χ0n) is 19.8. The third-order valence-electron chi connectivity index (χ3n) is 5.71. The average molecular weight is 479 g/mol. The van der Waals surface area contributed by atoms with Gasteiger partial charge in [-0.15, -0.1) is 0 Å². The second-order valence-electron chi connectivity index (χ2n) is 8.55. The molecule has 0 fully saturated rings. The molecule has 1 aromatic carbocycles. The number of hydrogen-bond donors (Lipinski definition) is 0. The van der Waals surface area contributed by atoms with Crippen molar-refractivity contribution in [3.63, 3.8) is 0 Å². The summed E-state index contributed by atoms with van der Waals surface area (Å²) in [7, 11) is 0. The molecule has 1 aliphatic rings. The molecule has 7 nitrogen and oxygen atoms in total. The Bertz CT molecular complexity index is 1290. The maximum atomic E-state index is 13.7. The summed E-state index contributed by atoms with van der Waals surface area (Å²) < 4.78 is 2.96. The van der Waals surface area contributed by atoms with Crippen molar-refractivity contribution in [2.24, 2.45) is 0 Å².